The van der Waals surface area contributed by atoms with Crippen LogP contribution in [0.5, 0.6) is 17.2 Å². The standard InChI is InChI=1S/C22H25N3O6/c1-5-10-24-21(27)15-8-6-7-9-16(15)25(22(24)28)13-19(26)23-14-11-17(29-2)20(31-4)18(12-14)30-3/h6-9,11-12H,5,10,13H2,1-4H3,(H,23,26). The van der Waals surface area contributed by atoms with Crippen LogP contribution in [0.4, 0.5) is 5.69 Å². The zero-order valence-electron chi connectivity index (χ0n) is 17.9. The van der Waals surface area contributed by atoms with E-state index >= 15 is 0 Å². The molecule has 164 valence electrons. The topological polar surface area (TPSA) is 101 Å². The van der Waals surface area contributed by atoms with E-state index in [1.54, 1.807) is 36.4 Å². The van der Waals surface area contributed by atoms with Crippen LogP contribution in [0.25, 0.3) is 10.9 Å². The van der Waals surface area contributed by atoms with Crippen molar-refractivity contribution >= 4 is 22.5 Å². The van der Waals surface area contributed by atoms with Crippen LogP contribution in [0.3, 0.4) is 0 Å². The summed E-state index contributed by atoms with van der Waals surface area (Å²) >= 11 is 0. The zero-order valence-corrected chi connectivity index (χ0v) is 17.9. The van der Waals surface area contributed by atoms with Crippen LogP contribution in [0, 0.1) is 0 Å². The number of fused-ring (bicyclic) bond motifs is 1. The van der Waals surface area contributed by atoms with Crippen LogP contribution < -0.4 is 30.8 Å². The molecule has 0 bridgehead atoms. The third-order valence-corrected chi connectivity index (χ3v) is 4.83. The number of para-hydroxylation sites is 1. The minimum Gasteiger partial charge on any atom is -0.493 e. The van der Waals surface area contributed by atoms with Gasteiger partial charge in [-0.1, -0.05) is 19.1 Å². The number of amides is 1. The summed E-state index contributed by atoms with van der Waals surface area (Å²) in [6.07, 6.45) is 0.616. The van der Waals surface area contributed by atoms with Crippen molar-refractivity contribution in [1.29, 1.82) is 0 Å². The minimum atomic E-state index is -0.523. The molecular weight excluding hydrogens is 402 g/mol. The Kier molecular flexibility index (Phi) is 6.64. The second-order valence-electron chi connectivity index (χ2n) is 6.80. The van der Waals surface area contributed by atoms with Gasteiger partial charge >= 0.3 is 5.69 Å². The van der Waals surface area contributed by atoms with E-state index in [-0.39, 0.29) is 18.6 Å². The maximum absolute atomic E-state index is 13.0. The summed E-state index contributed by atoms with van der Waals surface area (Å²) < 4.78 is 18.4. The molecular formula is C22H25N3O6. The van der Waals surface area contributed by atoms with Gasteiger partial charge in [-0.25, -0.2) is 4.79 Å². The number of benzene rings is 2. The molecule has 3 aromatic rings. The Morgan fingerprint density at radius 3 is 2.19 bits per heavy atom. The maximum atomic E-state index is 13.0. The Hall–Kier alpha value is -3.75. The highest BCUT2D eigenvalue weighted by Gasteiger charge is 2.17. The number of ether oxygens (including phenoxy) is 3. The van der Waals surface area contributed by atoms with Crippen LogP contribution in [0.15, 0.2) is 46.0 Å². The third-order valence-electron chi connectivity index (χ3n) is 4.83. The van der Waals surface area contributed by atoms with Gasteiger partial charge in [0.05, 0.1) is 32.2 Å². The fraction of sp³-hybridized carbons (Fsp3) is 0.318. The minimum absolute atomic E-state index is 0.264. The van der Waals surface area contributed by atoms with E-state index in [0.717, 1.165) is 4.57 Å². The van der Waals surface area contributed by atoms with Crippen molar-refractivity contribution in [2.45, 2.75) is 26.4 Å². The molecule has 2 aromatic carbocycles. The molecule has 9 heteroatoms. The number of hydrogen-bond acceptors (Lipinski definition) is 6. The van der Waals surface area contributed by atoms with Crippen LogP contribution in [-0.4, -0.2) is 36.4 Å². The van der Waals surface area contributed by atoms with E-state index in [1.165, 1.54) is 25.9 Å². The molecule has 0 unspecified atom stereocenters. The largest absolute Gasteiger partial charge is 0.493 e. The summed E-state index contributed by atoms with van der Waals surface area (Å²) in [7, 11) is 4.44. The molecule has 1 aromatic heterocycles. The van der Waals surface area contributed by atoms with Crippen molar-refractivity contribution in [3.8, 4) is 17.2 Å². The fourth-order valence-electron chi connectivity index (χ4n) is 3.44. The number of hydrogen-bond donors (Lipinski definition) is 1. The predicted molar refractivity (Wildman–Crippen MR) is 117 cm³/mol. The first-order valence-electron chi connectivity index (χ1n) is 9.77. The van der Waals surface area contributed by atoms with Crippen molar-refractivity contribution in [2.75, 3.05) is 26.6 Å². The molecule has 3 rings (SSSR count). The molecule has 1 heterocycles. The second-order valence-corrected chi connectivity index (χ2v) is 6.80. The highest BCUT2D eigenvalue weighted by atomic mass is 16.5. The van der Waals surface area contributed by atoms with E-state index in [9.17, 15) is 14.4 Å². The average Bonchev–Trinajstić information content (AvgIpc) is 2.78. The molecule has 0 aliphatic carbocycles. The summed E-state index contributed by atoms with van der Waals surface area (Å²) in [6, 6.07) is 9.94. The maximum Gasteiger partial charge on any atom is 0.331 e. The third kappa shape index (κ3) is 4.25. The van der Waals surface area contributed by atoms with Crippen LogP contribution >= 0.6 is 0 Å². The molecule has 1 N–H and O–H groups in total. The molecule has 0 spiro atoms. The predicted octanol–water partition coefficient (Wildman–Crippen LogP) is 2.24. The first-order chi connectivity index (χ1) is 14.9. The number of nitrogens with one attached hydrogen (secondary N) is 1. The number of aromatic nitrogens is 2. The Balaban J connectivity index is 2.00. The van der Waals surface area contributed by atoms with E-state index in [4.69, 9.17) is 14.2 Å². The van der Waals surface area contributed by atoms with Gasteiger partial charge < -0.3 is 19.5 Å². The van der Waals surface area contributed by atoms with Gasteiger partial charge in [-0.15, -0.1) is 0 Å². The average molecular weight is 427 g/mol. The van der Waals surface area contributed by atoms with E-state index in [2.05, 4.69) is 5.32 Å². The van der Waals surface area contributed by atoms with Gasteiger partial charge in [0.25, 0.3) is 5.56 Å². The Bertz CT molecular complexity index is 1200. The lowest BCUT2D eigenvalue weighted by Crippen LogP contribution is -2.41. The molecule has 0 radical (unpaired) electrons. The highest BCUT2D eigenvalue weighted by Crippen LogP contribution is 2.39. The normalized spacial score (nSPS) is 10.7. The van der Waals surface area contributed by atoms with Crippen LogP contribution in [-0.2, 0) is 17.9 Å². The number of carbonyl (C=O) groups excluding carboxylic acids is 1. The first-order valence-corrected chi connectivity index (χ1v) is 9.77. The monoisotopic (exact) mass is 427 g/mol. The van der Waals surface area contributed by atoms with Crippen molar-refractivity contribution in [3.05, 3.63) is 57.2 Å². The lowest BCUT2D eigenvalue weighted by Gasteiger charge is -2.16. The Morgan fingerprint density at radius 1 is 0.968 bits per heavy atom. The SMILES string of the molecule is CCCn1c(=O)c2ccccc2n(CC(=O)Nc2cc(OC)c(OC)c(OC)c2)c1=O. The molecule has 0 atom stereocenters. The van der Waals surface area contributed by atoms with Crippen molar-refractivity contribution in [3.63, 3.8) is 0 Å². The number of nitrogens with zero attached hydrogens (tertiary/aromatic N) is 2. The van der Waals surface area contributed by atoms with E-state index < -0.39 is 11.6 Å². The Labute approximate surface area is 178 Å². The summed E-state index contributed by atoms with van der Waals surface area (Å²) in [5, 5.41) is 3.13. The summed E-state index contributed by atoms with van der Waals surface area (Å²) in [5.74, 6) is 0.729. The molecule has 31 heavy (non-hydrogen) atoms. The van der Waals surface area contributed by atoms with Gasteiger partial charge in [-0.2, -0.15) is 0 Å². The Morgan fingerprint density at radius 2 is 1.61 bits per heavy atom. The van der Waals surface area contributed by atoms with E-state index in [0.29, 0.717) is 40.3 Å². The molecule has 0 saturated heterocycles. The van der Waals surface area contributed by atoms with Gasteiger partial charge in [0.2, 0.25) is 11.7 Å². The van der Waals surface area contributed by atoms with Gasteiger partial charge in [0, 0.05) is 24.4 Å². The molecule has 1 amide bonds. The smallest absolute Gasteiger partial charge is 0.331 e. The fourth-order valence-corrected chi connectivity index (χ4v) is 3.44. The number of methoxy groups -OCH3 is 3. The molecule has 0 aliphatic rings. The number of anilines is 1. The number of carbonyl (C=O) groups is 1. The first kappa shape index (κ1) is 21.9. The summed E-state index contributed by atoms with van der Waals surface area (Å²) in [4.78, 5) is 38.4. The van der Waals surface area contributed by atoms with Crippen LogP contribution in [0.2, 0.25) is 0 Å². The molecule has 9 nitrogen and oxygen atoms in total. The summed E-state index contributed by atoms with van der Waals surface area (Å²) in [6.45, 7) is 1.89. The summed E-state index contributed by atoms with van der Waals surface area (Å²) in [5.41, 5.74) is -0.0574. The highest BCUT2D eigenvalue weighted by molar-refractivity contribution is 5.92. The molecule has 0 fully saturated rings. The van der Waals surface area contributed by atoms with Gasteiger partial charge in [0.15, 0.2) is 11.5 Å². The molecule has 0 aliphatic heterocycles. The second kappa shape index (κ2) is 9.38. The van der Waals surface area contributed by atoms with Crippen LogP contribution in [0.1, 0.15) is 13.3 Å². The zero-order chi connectivity index (χ0) is 22.5. The lowest BCUT2D eigenvalue weighted by molar-refractivity contribution is -0.116. The van der Waals surface area contributed by atoms with E-state index in [1.807, 2.05) is 6.92 Å². The number of rotatable bonds is 8. The molecule has 0 saturated carbocycles. The van der Waals surface area contributed by atoms with Crippen molar-refractivity contribution in [2.24, 2.45) is 0 Å². The van der Waals surface area contributed by atoms with Gasteiger partial charge in [-0.05, 0) is 18.6 Å². The van der Waals surface area contributed by atoms with Gasteiger partial charge in [-0.3, -0.25) is 18.7 Å². The quantitative estimate of drug-likeness (QED) is 0.592. The van der Waals surface area contributed by atoms with Crippen molar-refractivity contribution in [1.82, 2.24) is 9.13 Å². The van der Waals surface area contributed by atoms with Gasteiger partial charge in [0.1, 0.15) is 6.54 Å². The van der Waals surface area contributed by atoms with Crippen molar-refractivity contribution < 1.29 is 19.0 Å². The lowest BCUT2D eigenvalue weighted by atomic mass is 10.2.